The van der Waals surface area contributed by atoms with Crippen molar-refractivity contribution in [2.45, 2.75) is 32.6 Å². The van der Waals surface area contributed by atoms with Crippen LogP contribution in [0.4, 0.5) is 0 Å². The zero-order chi connectivity index (χ0) is 15.3. The first-order valence-corrected chi connectivity index (χ1v) is 7.43. The fourth-order valence-corrected chi connectivity index (χ4v) is 3.06. The normalized spacial score (nSPS) is 17.7. The van der Waals surface area contributed by atoms with Gasteiger partial charge in [0.15, 0.2) is 5.78 Å². The number of fused-ring (bicyclic) bond motifs is 2. The minimum absolute atomic E-state index is 0.134. The Bertz CT molecular complexity index is 880. The van der Waals surface area contributed by atoms with Crippen LogP contribution in [0, 0.1) is 13.8 Å². The predicted molar refractivity (Wildman–Crippen MR) is 82.1 cm³/mol. The largest absolute Gasteiger partial charge is 0.294 e. The third kappa shape index (κ3) is 2.09. The van der Waals surface area contributed by atoms with Gasteiger partial charge in [0, 0.05) is 12.6 Å². The first-order chi connectivity index (χ1) is 10.6. The molecule has 1 aliphatic carbocycles. The molecule has 5 heteroatoms. The average molecular weight is 292 g/mol. The summed E-state index contributed by atoms with van der Waals surface area (Å²) in [6.45, 7) is 3.89. The second-order valence-corrected chi connectivity index (χ2v) is 5.94. The van der Waals surface area contributed by atoms with Gasteiger partial charge in [0.2, 0.25) is 0 Å². The smallest absolute Gasteiger partial charge is 0.252 e. The van der Waals surface area contributed by atoms with E-state index in [1.165, 1.54) is 11.1 Å². The van der Waals surface area contributed by atoms with Gasteiger partial charge in [-0.05, 0) is 31.7 Å². The number of carbonyl (C=O) groups is 1. The van der Waals surface area contributed by atoms with Crippen LogP contribution in [0.3, 0.4) is 0 Å². The van der Waals surface area contributed by atoms with Gasteiger partial charge in [0.1, 0.15) is 5.82 Å². The van der Waals surface area contributed by atoms with Gasteiger partial charge in [-0.25, -0.2) is 9.50 Å². The van der Waals surface area contributed by atoms with Crippen molar-refractivity contribution >= 4 is 11.6 Å². The van der Waals surface area contributed by atoms with Crippen molar-refractivity contribution in [2.24, 2.45) is 0 Å². The highest BCUT2D eigenvalue weighted by atomic mass is 16.1. The molecular weight excluding hydrogens is 276 g/mol. The molecule has 0 unspecified atom stereocenters. The maximum Gasteiger partial charge on any atom is 0.252 e. The average Bonchev–Trinajstić information content (AvgIpc) is 2.85. The van der Waals surface area contributed by atoms with E-state index in [0.29, 0.717) is 23.6 Å². The Balaban J connectivity index is 1.77. The Morgan fingerprint density at radius 1 is 1.09 bits per heavy atom. The molecule has 2 heterocycles. The molecule has 5 nitrogen and oxygen atoms in total. The lowest BCUT2D eigenvalue weighted by Gasteiger charge is -2.23. The summed E-state index contributed by atoms with van der Waals surface area (Å²) >= 11 is 0. The molecule has 3 aromatic rings. The molecule has 0 N–H and O–H groups in total. The number of benzene rings is 1. The molecule has 0 radical (unpaired) electrons. The molecular formula is C17H16N4O. The van der Waals surface area contributed by atoms with E-state index in [2.05, 4.69) is 46.3 Å². The fourth-order valence-electron chi connectivity index (χ4n) is 3.06. The first kappa shape index (κ1) is 13.1. The van der Waals surface area contributed by atoms with Crippen molar-refractivity contribution in [3.8, 4) is 0 Å². The van der Waals surface area contributed by atoms with Crippen LogP contribution in [0.2, 0.25) is 0 Å². The molecule has 0 aliphatic heterocycles. The maximum absolute atomic E-state index is 12.5. The molecule has 2 aromatic heterocycles. The molecule has 0 amide bonds. The lowest BCUT2D eigenvalue weighted by molar-refractivity contribution is 0.0962. The number of hydrogen-bond acceptors (Lipinski definition) is 4. The lowest BCUT2D eigenvalue weighted by Crippen LogP contribution is -2.21. The number of aryl methyl sites for hydroxylation is 2. The van der Waals surface area contributed by atoms with E-state index >= 15 is 0 Å². The summed E-state index contributed by atoms with van der Waals surface area (Å²) in [7, 11) is 0. The number of hydrogen-bond donors (Lipinski definition) is 0. The molecule has 0 fully saturated rings. The van der Waals surface area contributed by atoms with Crippen molar-refractivity contribution in [2.75, 3.05) is 0 Å². The van der Waals surface area contributed by atoms with Gasteiger partial charge in [0.25, 0.3) is 5.78 Å². The van der Waals surface area contributed by atoms with E-state index in [1.807, 2.05) is 6.92 Å². The number of carbonyl (C=O) groups excluding carboxylic acids is 1. The first-order valence-electron chi connectivity index (χ1n) is 7.43. The Hall–Kier alpha value is -2.56. The molecule has 22 heavy (non-hydrogen) atoms. The third-order valence-corrected chi connectivity index (χ3v) is 4.24. The molecule has 1 atom stereocenters. The van der Waals surface area contributed by atoms with Crippen LogP contribution in [0.25, 0.3) is 5.78 Å². The van der Waals surface area contributed by atoms with E-state index in [-0.39, 0.29) is 11.7 Å². The monoisotopic (exact) mass is 292 g/mol. The van der Waals surface area contributed by atoms with E-state index in [9.17, 15) is 4.79 Å². The van der Waals surface area contributed by atoms with Crippen molar-refractivity contribution in [1.82, 2.24) is 19.6 Å². The predicted octanol–water partition coefficient (Wildman–Crippen LogP) is 2.65. The molecule has 0 spiro atoms. The van der Waals surface area contributed by atoms with E-state index in [1.54, 1.807) is 10.7 Å². The quantitative estimate of drug-likeness (QED) is 0.692. The summed E-state index contributed by atoms with van der Waals surface area (Å²) in [5.74, 6) is 1.56. The van der Waals surface area contributed by atoms with Crippen molar-refractivity contribution in [3.63, 3.8) is 0 Å². The highest BCUT2D eigenvalue weighted by molar-refractivity contribution is 5.98. The molecule has 4 rings (SSSR count). The van der Waals surface area contributed by atoms with Gasteiger partial charge in [0.05, 0.1) is 11.3 Å². The van der Waals surface area contributed by atoms with Gasteiger partial charge in [-0.2, -0.15) is 10.1 Å². The van der Waals surface area contributed by atoms with Crippen LogP contribution < -0.4 is 0 Å². The third-order valence-electron chi connectivity index (χ3n) is 4.24. The lowest BCUT2D eigenvalue weighted by atomic mass is 9.82. The van der Waals surface area contributed by atoms with Gasteiger partial charge in [-0.1, -0.05) is 29.8 Å². The Labute approximate surface area is 128 Å². The van der Waals surface area contributed by atoms with Crippen molar-refractivity contribution in [1.29, 1.82) is 0 Å². The maximum atomic E-state index is 12.5. The number of ketones is 1. The highest BCUT2D eigenvalue weighted by Crippen LogP contribution is 2.32. The zero-order valence-electron chi connectivity index (χ0n) is 12.6. The van der Waals surface area contributed by atoms with Crippen LogP contribution >= 0.6 is 0 Å². The van der Waals surface area contributed by atoms with Crippen LogP contribution in [0.15, 0.2) is 30.5 Å². The number of aromatic nitrogens is 4. The minimum atomic E-state index is 0.134. The Morgan fingerprint density at radius 2 is 1.86 bits per heavy atom. The van der Waals surface area contributed by atoms with E-state index in [0.717, 1.165) is 12.1 Å². The Kier molecular flexibility index (Phi) is 2.82. The topological polar surface area (TPSA) is 60.2 Å². The fraction of sp³-hybridized carbons (Fsp3) is 0.294. The van der Waals surface area contributed by atoms with Gasteiger partial charge in [-0.3, -0.25) is 4.79 Å². The second kappa shape index (κ2) is 4.73. The number of rotatable bonds is 1. The summed E-state index contributed by atoms with van der Waals surface area (Å²) in [4.78, 5) is 21.3. The van der Waals surface area contributed by atoms with Crippen molar-refractivity contribution in [3.05, 3.63) is 58.7 Å². The molecule has 1 aromatic carbocycles. The second-order valence-electron chi connectivity index (χ2n) is 5.94. The SMILES string of the molecule is Cc1ccc([C@@H]2CC(=O)c3cn4nc(C)nc4nc3C2)cc1. The molecule has 1 aliphatic rings. The summed E-state index contributed by atoms with van der Waals surface area (Å²) in [5, 5.41) is 4.23. The summed E-state index contributed by atoms with van der Waals surface area (Å²) < 4.78 is 1.60. The van der Waals surface area contributed by atoms with Gasteiger partial charge in [-0.15, -0.1) is 0 Å². The van der Waals surface area contributed by atoms with Crippen LogP contribution in [0.5, 0.6) is 0 Å². The van der Waals surface area contributed by atoms with E-state index < -0.39 is 0 Å². The van der Waals surface area contributed by atoms with Crippen LogP contribution in [-0.4, -0.2) is 25.4 Å². The number of nitrogens with zero attached hydrogens (tertiary/aromatic N) is 4. The molecule has 0 saturated heterocycles. The molecule has 0 saturated carbocycles. The number of Topliss-reactive ketones (excluding diaryl/α,β-unsaturated/α-hetero) is 1. The summed E-state index contributed by atoms with van der Waals surface area (Å²) in [6.07, 6.45) is 3.06. The van der Waals surface area contributed by atoms with E-state index in [4.69, 9.17) is 0 Å². The molecule has 0 bridgehead atoms. The zero-order valence-corrected chi connectivity index (χ0v) is 12.6. The molecule has 110 valence electrons. The minimum Gasteiger partial charge on any atom is -0.294 e. The summed E-state index contributed by atoms with van der Waals surface area (Å²) in [5.41, 5.74) is 3.94. The van der Waals surface area contributed by atoms with Gasteiger partial charge >= 0.3 is 0 Å². The van der Waals surface area contributed by atoms with Crippen LogP contribution in [-0.2, 0) is 6.42 Å². The highest BCUT2D eigenvalue weighted by Gasteiger charge is 2.28. The standard InChI is InChI=1S/C17H16N4O/c1-10-3-5-12(6-4-10)13-7-15-14(16(22)8-13)9-21-17(19-15)18-11(2)20-21/h3-6,9,13H,7-8H2,1-2H3/t13-/m0/s1. The Morgan fingerprint density at radius 3 is 2.64 bits per heavy atom. The summed E-state index contributed by atoms with van der Waals surface area (Å²) in [6, 6.07) is 8.40. The van der Waals surface area contributed by atoms with Crippen LogP contribution in [0.1, 0.15) is 45.3 Å². The van der Waals surface area contributed by atoms with Gasteiger partial charge < -0.3 is 0 Å². The van der Waals surface area contributed by atoms with Crippen molar-refractivity contribution < 1.29 is 4.79 Å².